The highest BCUT2D eigenvalue weighted by Gasteiger charge is 2.11. The van der Waals surface area contributed by atoms with Gasteiger partial charge in [0.05, 0.1) is 23.9 Å². The van der Waals surface area contributed by atoms with E-state index < -0.39 is 5.97 Å². The lowest BCUT2D eigenvalue weighted by Crippen LogP contribution is -2.10. The third kappa shape index (κ3) is 3.05. The first-order valence-corrected chi connectivity index (χ1v) is 5.93. The fourth-order valence-corrected chi connectivity index (χ4v) is 1.64. The number of carbonyl (C=O) groups is 1. The molecule has 5 nitrogen and oxygen atoms in total. The smallest absolute Gasteiger partial charge is 0.362 e. The van der Waals surface area contributed by atoms with Gasteiger partial charge in [-0.3, -0.25) is 0 Å². The highest BCUT2D eigenvalue weighted by molar-refractivity contribution is 6.31. The van der Waals surface area contributed by atoms with E-state index in [0.717, 1.165) is 0 Å². The number of halogens is 1. The van der Waals surface area contributed by atoms with Gasteiger partial charge in [-0.1, -0.05) is 11.6 Å². The molecule has 0 saturated heterocycles. The number of methoxy groups -OCH3 is 1. The summed E-state index contributed by atoms with van der Waals surface area (Å²) in [4.78, 5) is 15.8. The molecule has 1 aromatic carbocycles. The van der Waals surface area contributed by atoms with Gasteiger partial charge in [0, 0.05) is 6.07 Å². The number of hydrogen-bond acceptors (Lipinski definition) is 5. The zero-order chi connectivity index (χ0) is 14.5. The van der Waals surface area contributed by atoms with E-state index in [2.05, 4.69) is 4.98 Å². The maximum atomic E-state index is 11.8. The molecule has 0 unspecified atom stereocenters. The first-order valence-electron chi connectivity index (χ1n) is 5.56. The van der Waals surface area contributed by atoms with Crippen LogP contribution in [-0.2, 0) is 0 Å². The number of aromatic nitrogens is 1. The molecular weight excluding hydrogens is 280 g/mol. The van der Waals surface area contributed by atoms with Crippen LogP contribution in [0, 0.1) is 11.3 Å². The van der Waals surface area contributed by atoms with Gasteiger partial charge in [-0.05, 0) is 24.3 Å². The summed E-state index contributed by atoms with van der Waals surface area (Å²) >= 11 is 5.85. The summed E-state index contributed by atoms with van der Waals surface area (Å²) in [5, 5.41) is 8.98. The molecule has 1 heterocycles. The minimum absolute atomic E-state index is 0.145. The molecule has 20 heavy (non-hydrogen) atoms. The van der Waals surface area contributed by atoms with Crippen molar-refractivity contribution in [3.63, 3.8) is 0 Å². The maximum absolute atomic E-state index is 11.8. The first-order chi connectivity index (χ1) is 9.63. The zero-order valence-corrected chi connectivity index (χ0v) is 11.2. The van der Waals surface area contributed by atoms with Crippen molar-refractivity contribution >= 4 is 17.6 Å². The molecule has 0 saturated carbocycles. The lowest BCUT2D eigenvalue weighted by molar-refractivity contribution is 0.0728. The number of ether oxygens (including phenoxy) is 2. The number of benzene rings is 1. The lowest BCUT2D eigenvalue weighted by atomic mass is 10.2. The van der Waals surface area contributed by atoms with Crippen molar-refractivity contribution in [2.24, 2.45) is 0 Å². The van der Waals surface area contributed by atoms with Gasteiger partial charge in [-0.15, -0.1) is 0 Å². The SMILES string of the molecule is COc1ccc(C(=O)Oc2ccc(C#N)c(Cl)c2)nc1. The molecule has 0 aliphatic rings. The minimum Gasteiger partial charge on any atom is -0.495 e. The minimum atomic E-state index is -0.617. The Kier molecular flexibility index (Phi) is 4.18. The van der Waals surface area contributed by atoms with E-state index >= 15 is 0 Å². The van der Waals surface area contributed by atoms with E-state index in [1.807, 2.05) is 6.07 Å². The van der Waals surface area contributed by atoms with E-state index in [0.29, 0.717) is 11.3 Å². The second-order valence-corrected chi connectivity index (χ2v) is 4.13. The Hall–Kier alpha value is -2.58. The molecule has 0 radical (unpaired) electrons. The van der Waals surface area contributed by atoms with Crippen LogP contribution in [0.25, 0.3) is 0 Å². The maximum Gasteiger partial charge on any atom is 0.362 e. The molecule has 0 bridgehead atoms. The summed E-state index contributed by atoms with van der Waals surface area (Å²) in [6.45, 7) is 0. The Balaban J connectivity index is 2.15. The summed E-state index contributed by atoms with van der Waals surface area (Å²) < 4.78 is 10.1. The van der Waals surface area contributed by atoms with Gasteiger partial charge in [0.2, 0.25) is 0 Å². The summed E-state index contributed by atoms with van der Waals surface area (Å²) in [5.41, 5.74) is 0.459. The Morgan fingerprint density at radius 3 is 2.60 bits per heavy atom. The molecule has 1 aromatic heterocycles. The summed E-state index contributed by atoms with van der Waals surface area (Å²) in [6.07, 6.45) is 1.42. The number of nitriles is 1. The van der Waals surface area contributed by atoms with Gasteiger partial charge in [0.15, 0.2) is 0 Å². The Bertz CT molecular complexity index is 678. The van der Waals surface area contributed by atoms with Crippen LogP contribution in [0.15, 0.2) is 36.5 Å². The van der Waals surface area contributed by atoms with Crippen molar-refractivity contribution in [1.29, 1.82) is 5.26 Å². The van der Waals surface area contributed by atoms with Crippen molar-refractivity contribution in [3.05, 3.63) is 52.8 Å². The van der Waals surface area contributed by atoms with Crippen LogP contribution in [0.5, 0.6) is 11.5 Å². The van der Waals surface area contributed by atoms with Crippen molar-refractivity contribution in [3.8, 4) is 17.6 Å². The monoisotopic (exact) mass is 288 g/mol. The number of rotatable bonds is 3. The van der Waals surface area contributed by atoms with Crippen LogP contribution in [0.2, 0.25) is 5.02 Å². The summed E-state index contributed by atoms with van der Waals surface area (Å²) in [7, 11) is 1.51. The fraction of sp³-hybridized carbons (Fsp3) is 0.0714. The molecule has 0 amide bonds. The highest BCUT2D eigenvalue weighted by atomic mass is 35.5. The second-order valence-electron chi connectivity index (χ2n) is 3.73. The standard InChI is InChI=1S/C14H9ClN2O3/c1-19-11-4-5-13(17-8-11)14(18)20-10-3-2-9(7-16)12(15)6-10/h2-6,8H,1H3. The van der Waals surface area contributed by atoms with Crippen LogP contribution < -0.4 is 9.47 Å². The number of pyridine rings is 1. The molecular formula is C14H9ClN2O3. The van der Waals surface area contributed by atoms with Gasteiger partial charge in [0.25, 0.3) is 0 Å². The van der Waals surface area contributed by atoms with E-state index in [1.165, 1.54) is 37.6 Å². The van der Waals surface area contributed by atoms with Gasteiger partial charge in [-0.2, -0.15) is 5.26 Å². The average molecular weight is 289 g/mol. The van der Waals surface area contributed by atoms with Gasteiger partial charge in [-0.25, -0.2) is 9.78 Å². The van der Waals surface area contributed by atoms with E-state index in [1.54, 1.807) is 6.07 Å². The van der Waals surface area contributed by atoms with Gasteiger partial charge in [0.1, 0.15) is 23.3 Å². The van der Waals surface area contributed by atoms with Crippen molar-refractivity contribution in [2.45, 2.75) is 0 Å². The van der Waals surface area contributed by atoms with Gasteiger partial charge < -0.3 is 9.47 Å². The molecule has 0 spiro atoms. The molecule has 0 aliphatic carbocycles. The average Bonchev–Trinajstić information content (AvgIpc) is 2.47. The van der Waals surface area contributed by atoms with Crippen LogP contribution >= 0.6 is 11.6 Å². The van der Waals surface area contributed by atoms with E-state index in [9.17, 15) is 4.79 Å². The number of carbonyl (C=O) groups excluding carboxylic acids is 1. The van der Waals surface area contributed by atoms with Crippen molar-refractivity contribution in [2.75, 3.05) is 7.11 Å². The number of hydrogen-bond donors (Lipinski definition) is 0. The van der Waals surface area contributed by atoms with E-state index in [-0.39, 0.29) is 16.5 Å². The third-order valence-corrected chi connectivity index (χ3v) is 2.77. The quantitative estimate of drug-likeness (QED) is 0.641. The van der Waals surface area contributed by atoms with Crippen LogP contribution in [-0.4, -0.2) is 18.1 Å². The molecule has 0 atom stereocenters. The molecule has 0 fully saturated rings. The van der Waals surface area contributed by atoms with Crippen molar-refractivity contribution in [1.82, 2.24) is 4.98 Å². The lowest BCUT2D eigenvalue weighted by Gasteiger charge is -2.05. The fourth-order valence-electron chi connectivity index (χ4n) is 1.43. The zero-order valence-electron chi connectivity index (χ0n) is 10.5. The van der Waals surface area contributed by atoms with Crippen molar-refractivity contribution < 1.29 is 14.3 Å². The summed E-state index contributed by atoms with van der Waals surface area (Å²) in [6, 6.07) is 9.40. The van der Waals surface area contributed by atoms with Crippen LogP contribution in [0.4, 0.5) is 0 Å². The molecule has 0 aliphatic heterocycles. The molecule has 2 aromatic rings. The van der Waals surface area contributed by atoms with Crippen LogP contribution in [0.3, 0.4) is 0 Å². The molecule has 100 valence electrons. The molecule has 0 N–H and O–H groups in total. The normalized spacial score (nSPS) is 9.65. The van der Waals surface area contributed by atoms with Gasteiger partial charge >= 0.3 is 5.97 Å². The number of esters is 1. The summed E-state index contributed by atoms with van der Waals surface area (Å²) in [5.74, 6) is 0.174. The largest absolute Gasteiger partial charge is 0.495 e. The Labute approximate surface area is 120 Å². The topological polar surface area (TPSA) is 72.2 Å². The predicted molar refractivity (Wildman–Crippen MR) is 71.9 cm³/mol. The molecule has 6 heteroatoms. The Morgan fingerprint density at radius 1 is 1.30 bits per heavy atom. The molecule has 2 rings (SSSR count). The van der Waals surface area contributed by atoms with Crippen LogP contribution in [0.1, 0.15) is 16.1 Å². The number of nitrogens with zero attached hydrogens (tertiary/aromatic N) is 2. The Morgan fingerprint density at radius 2 is 2.05 bits per heavy atom. The first kappa shape index (κ1) is 13.8. The van der Waals surface area contributed by atoms with E-state index in [4.69, 9.17) is 26.3 Å². The predicted octanol–water partition coefficient (Wildman–Crippen LogP) is 2.83. The second kappa shape index (κ2) is 6.04. The highest BCUT2D eigenvalue weighted by Crippen LogP contribution is 2.22. The third-order valence-electron chi connectivity index (χ3n) is 2.45.